The zero-order valence-corrected chi connectivity index (χ0v) is 36.4. The molecule has 0 saturated heterocycles. The molecule has 4 heteroatoms. The minimum absolute atomic E-state index is 0.343. The molecule has 0 radical (unpaired) electrons. The molecule has 11 aromatic rings. The van der Waals surface area contributed by atoms with E-state index in [1.54, 1.807) is 0 Å². The van der Waals surface area contributed by atoms with Crippen LogP contribution in [-0.2, 0) is 10.8 Å². The molecule has 2 aliphatic heterocycles. The predicted molar refractivity (Wildman–Crippen MR) is 269 cm³/mol. The second kappa shape index (κ2) is 13.3. The van der Waals surface area contributed by atoms with Gasteiger partial charge in [-0.1, -0.05) is 137 Å². The number of nitrogens with zero attached hydrogens (tertiary/aromatic N) is 4. The highest BCUT2D eigenvalue weighted by Gasteiger charge is 2.42. The maximum Gasteiger partial charge on any atom is 0.0583 e. The third kappa shape index (κ3) is 5.05. The first kappa shape index (κ1) is 36.8. The average Bonchev–Trinajstić information content (AvgIpc) is 3.85. The number of fused-ring (bicyclic) bond motifs is 10. The Labute approximate surface area is 373 Å². The number of rotatable bonds is 6. The number of para-hydroxylation sites is 6. The van der Waals surface area contributed by atoms with E-state index >= 15 is 0 Å². The molecule has 4 nitrogen and oxygen atoms in total. The Morgan fingerprint density at radius 1 is 0.297 bits per heavy atom. The average molecular weight is 823 g/mol. The van der Waals surface area contributed by atoms with Crippen LogP contribution in [0.4, 0.5) is 34.1 Å². The predicted octanol–water partition coefficient (Wildman–Crippen LogP) is 16.1. The number of benzene rings is 9. The Morgan fingerprint density at radius 2 is 0.609 bits per heavy atom. The van der Waals surface area contributed by atoms with Crippen molar-refractivity contribution < 1.29 is 0 Å². The van der Waals surface area contributed by atoms with Crippen LogP contribution in [0.25, 0.3) is 55.0 Å². The lowest BCUT2D eigenvalue weighted by molar-refractivity contribution is 0.610. The van der Waals surface area contributed by atoms with Crippen molar-refractivity contribution >= 4 is 77.7 Å². The molecule has 0 atom stereocenters. The SMILES string of the molecule is CC1(C)c2cc3c(cc2-n2c4ccccc4c4cc(N(c5ccccc5)c5ccccc5)cc1c42)C(C)(C)c1cc(N(c2ccccc2)c2ccccc2)cc2c4ccccc4n-3c12. The number of anilines is 6. The van der Waals surface area contributed by atoms with E-state index in [2.05, 4.69) is 253 Å². The molecule has 13 rings (SSSR count). The Kier molecular flexibility index (Phi) is 7.67. The fourth-order valence-corrected chi connectivity index (χ4v) is 11.3. The normalized spacial score (nSPS) is 14.2. The fraction of sp³-hybridized carbons (Fsp3) is 0.100. The second-order valence-corrected chi connectivity index (χ2v) is 18.6. The van der Waals surface area contributed by atoms with Gasteiger partial charge in [0, 0.05) is 66.5 Å². The van der Waals surface area contributed by atoms with Crippen LogP contribution in [0, 0.1) is 0 Å². The first-order valence-electron chi connectivity index (χ1n) is 22.4. The van der Waals surface area contributed by atoms with Crippen LogP contribution < -0.4 is 9.80 Å². The van der Waals surface area contributed by atoms with Gasteiger partial charge < -0.3 is 18.9 Å². The van der Waals surface area contributed by atoms with Crippen LogP contribution >= 0.6 is 0 Å². The molecule has 0 bridgehead atoms. The Balaban J connectivity index is 1.09. The molecule has 0 spiro atoms. The summed E-state index contributed by atoms with van der Waals surface area (Å²) in [5.41, 5.74) is 19.0. The van der Waals surface area contributed by atoms with E-state index in [0.717, 1.165) is 34.1 Å². The molecule has 2 aromatic heterocycles. The van der Waals surface area contributed by atoms with Gasteiger partial charge in [-0.2, -0.15) is 0 Å². The van der Waals surface area contributed by atoms with E-state index in [9.17, 15) is 0 Å². The van der Waals surface area contributed by atoms with E-state index in [0.29, 0.717) is 0 Å². The highest BCUT2D eigenvalue weighted by molar-refractivity contribution is 6.15. The summed E-state index contributed by atoms with van der Waals surface area (Å²) in [5.74, 6) is 0. The van der Waals surface area contributed by atoms with Gasteiger partial charge in [0.15, 0.2) is 0 Å². The highest BCUT2D eigenvalue weighted by atomic mass is 15.2. The van der Waals surface area contributed by atoms with Crippen molar-refractivity contribution in [1.29, 1.82) is 0 Å². The first-order valence-corrected chi connectivity index (χ1v) is 22.4. The van der Waals surface area contributed by atoms with Crippen LogP contribution in [-0.4, -0.2) is 9.13 Å². The van der Waals surface area contributed by atoms with Crippen LogP contribution in [0.15, 0.2) is 206 Å². The van der Waals surface area contributed by atoms with E-state index in [-0.39, 0.29) is 10.8 Å². The van der Waals surface area contributed by atoms with Gasteiger partial charge in [0.2, 0.25) is 0 Å². The van der Waals surface area contributed by atoms with Crippen molar-refractivity contribution in [1.82, 2.24) is 9.13 Å². The second-order valence-electron chi connectivity index (χ2n) is 18.6. The summed E-state index contributed by atoms with van der Waals surface area (Å²) >= 11 is 0. The molecule has 0 amide bonds. The standard InChI is InChI=1S/C60H46N4/c1-59(2)49-37-56-50(38-55(49)63-53-31-19-17-29-45(53)47-33-43(35-51(59)57(47)63)61(39-21-9-5-10-22-39)40-23-11-6-12-24-40)60(3,4)52-36-44(34-48-46-30-18-20-32-54(46)64(56)58(48)52)62(41-25-13-7-14-26-41)42-27-15-8-16-28-42/h5-38H,1-4H3. The molecular weight excluding hydrogens is 777 g/mol. The lowest BCUT2D eigenvalue weighted by Crippen LogP contribution is -2.31. The van der Waals surface area contributed by atoms with Crippen LogP contribution in [0.1, 0.15) is 49.9 Å². The summed E-state index contributed by atoms with van der Waals surface area (Å²) < 4.78 is 5.16. The maximum atomic E-state index is 2.58. The van der Waals surface area contributed by atoms with Crippen LogP contribution in [0.5, 0.6) is 0 Å². The molecule has 0 fully saturated rings. The number of hydrogen-bond acceptors (Lipinski definition) is 2. The highest BCUT2D eigenvalue weighted by Crippen LogP contribution is 2.55. The first-order chi connectivity index (χ1) is 31.3. The summed E-state index contributed by atoms with van der Waals surface area (Å²) in [5, 5.41) is 5.06. The minimum atomic E-state index is -0.343. The van der Waals surface area contributed by atoms with Crippen molar-refractivity contribution in [2.45, 2.75) is 38.5 Å². The van der Waals surface area contributed by atoms with Gasteiger partial charge in [-0.15, -0.1) is 0 Å². The lowest BCUT2D eigenvalue weighted by atomic mass is 9.70. The summed E-state index contributed by atoms with van der Waals surface area (Å²) in [6, 6.07) is 76.0. The summed E-state index contributed by atoms with van der Waals surface area (Å²) in [7, 11) is 0. The van der Waals surface area contributed by atoms with Gasteiger partial charge in [0.05, 0.1) is 33.4 Å². The zero-order chi connectivity index (χ0) is 42.9. The molecule has 2 aliphatic rings. The van der Waals surface area contributed by atoms with Crippen molar-refractivity contribution in [2.75, 3.05) is 9.80 Å². The topological polar surface area (TPSA) is 16.3 Å². The van der Waals surface area contributed by atoms with Crippen molar-refractivity contribution in [2.24, 2.45) is 0 Å². The quantitative estimate of drug-likeness (QED) is 0.166. The molecule has 0 saturated carbocycles. The van der Waals surface area contributed by atoms with E-state index in [4.69, 9.17) is 0 Å². The van der Waals surface area contributed by atoms with Gasteiger partial charge in [-0.25, -0.2) is 0 Å². The van der Waals surface area contributed by atoms with Gasteiger partial charge in [-0.3, -0.25) is 0 Å². The third-order valence-corrected chi connectivity index (χ3v) is 14.4. The Hall–Kier alpha value is -7.82. The lowest BCUT2D eigenvalue weighted by Gasteiger charge is -2.40. The third-order valence-electron chi connectivity index (χ3n) is 14.4. The largest absolute Gasteiger partial charge is 0.310 e. The molecule has 0 N–H and O–H groups in total. The Morgan fingerprint density at radius 3 is 0.953 bits per heavy atom. The van der Waals surface area contributed by atoms with E-state index in [1.807, 2.05) is 0 Å². The fourth-order valence-electron chi connectivity index (χ4n) is 11.3. The molecule has 64 heavy (non-hydrogen) atoms. The van der Waals surface area contributed by atoms with E-state index in [1.165, 1.54) is 77.2 Å². The van der Waals surface area contributed by atoms with Crippen LogP contribution in [0.2, 0.25) is 0 Å². The van der Waals surface area contributed by atoms with Gasteiger partial charge >= 0.3 is 0 Å². The smallest absolute Gasteiger partial charge is 0.0583 e. The van der Waals surface area contributed by atoms with Crippen molar-refractivity contribution in [3.8, 4) is 11.4 Å². The maximum absolute atomic E-state index is 2.58. The number of aromatic nitrogens is 2. The molecule has 0 aliphatic carbocycles. The minimum Gasteiger partial charge on any atom is -0.310 e. The Bertz CT molecular complexity index is 3330. The summed E-state index contributed by atoms with van der Waals surface area (Å²) in [6.45, 7) is 9.75. The molecule has 0 unspecified atom stereocenters. The zero-order valence-electron chi connectivity index (χ0n) is 36.4. The monoisotopic (exact) mass is 822 g/mol. The molecular formula is C60H46N4. The summed E-state index contributed by atoms with van der Waals surface area (Å²) in [6.07, 6.45) is 0. The molecule has 4 heterocycles. The molecule has 9 aromatic carbocycles. The van der Waals surface area contributed by atoms with Gasteiger partial charge in [0.1, 0.15) is 0 Å². The summed E-state index contributed by atoms with van der Waals surface area (Å²) in [4.78, 5) is 4.82. The number of hydrogen-bond donors (Lipinski definition) is 0. The van der Waals surface area contributed by atoms with Crippen molar-refractivity contribution in [3.05, 3.63) is 229 Å². The van der Waals surface area contributed by atoms with E-state index < -0.39 is 0 Å². The molecule has 306 valence electrons. The van der Waals surface area contributed by atoms with Crippen molar-refractivity contribution in [3.63, 3.8) is 0 Å². The van der Waals surface area contributed by atoms with Gasteiger partial charge in [-0.05, 0) is 119 Å². The van der Waals surface area contributed by atoms with Crippen LogP contribution in [0.3, 0.4) is 0 Å². The van der Waals surface area contributed by atoms with Gasteiger partial charge in [0.25, 0.3) is 0 Å².